The van der Waals surface area contributed by atoms with Crippen LogP contribution in [0.5, 0.6) is 11.5 Å². The molecule has 11 heteroatoms. The molecule has 1 aliphatic heterocycles. The topological polar surface area (TPSA) is 61.8 Å². The van der Waals surface area contributed by atoms with Crippen molar-refractivity contribution >= 4 is 5.91 Å². The van der Waals surface area contributed by atoms with Gasteiger partial charge in [0.1, 0.15) is 0 Å². The number of methoxy groups -OCH3 is 1. The maximum atomic E-state index is 13.0. The van der Waals surface area contributed by atoms with Crippen molar-refractivity contribution in [3.63, 3.8) is 0 Å². The molecular weight excluding hydrogens is 454 g/mol. The highest BCUT2D eigenvalue weighted by Crippen LogP contribution is 2.36. The van der Waals surface area contributed by atoms with E-state index in [2.05, 4.69) is 5.32 Å². The first kappa shape index (κ1) is 24.7. The number of amides is 1. The number of nitrogens with zero attached hydrogens (tertiary/aromatic N) is 1. The summed E-state index contributed by atoms with van der Waals surface area (Å²) in [7, 11) is 1.43. The van der Waals surface area contributed by atoms with Crippen molar-refractivity contribution in [1.29, 1.82) is 0 Å². The van der Waals surface area contributed by atoms with Crippen molar-refractivity contribution < 1.29 is 41.0 Å². The number of likely N-dealkylation sites (tertiary alicyclic amines) is 1. The predicted molar refractivity (Wildman–Crippen MR) is 106 cm³/mol. The zero-order valence-electron chi connectivity index (χ0n) is 17.6. The number of carbonyl (C=O) groups excluding carboxylic acids is 1. The molecule has 0 aromatic heterocycles. The van der Waals surface area contributed by atoms with Crippen molar-refractivity contribution in [2.24, 2.45) is 5.92 Å². The molecule has 3 rings (SSSR count). The highest BCUT2D eigenvalue weighted by molar-refractivity contribution is 5.79. The van der Waals surface area contributed by atoms with Gasteiger partial charge in [0.2, 0.25) is 5.91 Å². The Balaban J connectivity index is 1.61. The van der Waals surface area contributed by atoms with Crippen molar-refractivity contribution in [2.75, 3.05) is 20.2 Å². The van der Waals surface area contributed by atoms with E-state index in [1.807, 2.05) is 4.90 Å². The zero-order valence-corrected chi connectivity index (χ0v) is 17.6. The van der Waals surface area contributed by atoms with Crippen LogP contribution < -0.4 is 10.1 Å². The summed E-state index contributed by atoms with van der Waals surface area (Å²) in [5.41, 5.74) is -2.26. The molecule has 180 valence electrons. The van der Waals surface area contributed by atoms with Crippen LogP contribution >= 0.6 is 0 Å². The number of rotatable bonds is 6. The maximum absolute atomic E-state index is 13.0. The van der Waals surface area contributed by atoms with Crippen LogP contribution in [0, 0.1) is 5.92 Å². The Morgan fingerprint density at radius 3 is 2.27 bits per heavy atom. The normalized spacial score (nSPS) is 17.2. The van der Waals surface area contributed by atoms with Crippen LogP contribution in [-0.4, -0.2) is 36.1 Å². The van der Waals surface area contributed by atoms with Crippen LogP contribution in [-0.2, 0) is 30.2 Å². The van der Waals surface area contributed by atoms with E-state index in [1.54, 1.807) is 12.1 Å². The average Bonchev–Trinajstić information content (AvgIpc) is 3.20. The van der Waals surface area contributed by atoms with E-state index in [1.165, 1.54) is 13.2 Å². The molecule has 1 saturated heterocycles. The summed E-state index contributed by atoms with van der Waals surface area (Å²) in [5.74, 6) is -0.563. The number of ether oxygens (including phenoxy) is 1. The number of halogens is 6. The number of phenolic OH excluding ortho intramolecular Hbond substituents is 1. The molecule has 2 N–H and O–H groups in total. The highest BCUT2D eigenvalue weighted by atomic mass is 19.4. The van der Waals surface area contributed by atoms with E-state index in [-0.39, 0.29) is 17.4 Å². The molecule has 0 aliphatic carbocycles. The summed E-state index contributed by atoms with van der Waals surface area (Å²) in [4.78, 5) is 14.5. The molecule has 1 amide bonds. The first-order valence-electron chi connectivity index (χ1n) is 10.0. The second-order valence-electron chi connectivity index (χ2n) is 7.86. The van der Waals surface area contributed by atoms with Gasteiger partial charge in [0.25, 0.3) is 0 Å². The van der Waals surface area contributed by atoms with Gasteiger partial charge in [0, 0.05) is 19.6 Å². The van der Waals surface area contributed by atoms with Gasteiger partial charge in [-0.1, -0.05) is 6.07 Å². The van der Waals surface area contributed by atoms with Crippen LogP contribution in [0.25, 0.3) is 0 Å². The molecule has 1 aliphatic rings. The minimum absolute atomic E-state index is 0.00296. The smallest absolute Gasteiger partial charge is 0.416 e. The van der Waals surface area contributed by atoms with E-state index in [0.29, 0.717) is 43.9 Å². The summed E-state index contributed by atoms with van der Waals surface area (Å²) >= 11 is 0. The van der Waals surface area contributed by atoms with Crippen molar-refractivity contribution in [3.8, 4) is 11.5 Å². The number of phenols is 1. The Labute approximate surface area is 186 Å². The number of benzene rings is 2. The quantitative estimate of drug-likeness (QED) is 0.600. The second-order valence-corrected chi connectivity index (χ2v) is 7.86. The summed E-state index contributed by atoms with van der Waals surface area (Å²) in [6, 6.07) is 6.16. The van der Waals surface area contributed by atoms with Crippen LogP contribution in [0.2, 0.25) is 0 Å². The predicted octanol–water partition coefficient (Wildman–Crippen LogP) is 4.58. The van der Waals surface area contributed by atoms with Crippen molar-refractivity contribution in [3.05, 3.63) is 58.7 Å². The Kier molecular flexibility index (Phi) is 7.11. The van der Waals surface area contributed by atoms with E-state index >= 15 is 0 Å². The third-order valence-corrected chi connectivity index (χ3v) is 5.41. The lowest BCUT2D eigenvalue weighted by Crippen LogP contribution is -2.32. The first-order chi connectivity index (χ1) is 15.4. The number of nitrogens with one attached hydrogen (secondary N) is 1. The van der Waals surface area contributed by atoms with Gasteiger partial charge in [0.05, 0.1) is 24.2 Å². The lowest BCUT2D eigenvalue weighted by atomic mass is 10.0. The molecule has 1 fully saturated rings. The Bertz CT molecular complexity index is 974. The number of hydrogen-bond acceptors (Lipinski definition) is 4. The molecule has 33 heavy (non-hydrogen) atoms. The number of carbonyl (C=O) groups is 1. The standard InChI is InChI=1S/C22H22F6N2O3/c1-33-19-8-13(2-3-18(19)31)11-30-5-4-15(12-30)20(32)29-10-14-6-16(21(23,24)25)9-17(7-14)22(26,27)28/h2-3,6-9,15,31H,4-5,10-12H2,1H3,(H,29,32)/t15-/m0/s1. The SMILES string of the molecule is COc1cc(CN2CC[C@H](C(=O)NCc3cc(C(F)(F)F)cc(C(F)(F)F)c3)C2)ccc1O. The van der Waals surface area contributed by atoms with Gasteiger partial charge in [-0.25, -0.2) is 0 Å². The van der Waals surface area contributed by atoms with Crippen LogP contribution in [0.3, 0.4) is 0 Å². The van der Waals surface area contributed by atoms with E-state index < -0.39 is 41.8 Å². The minimum atomic E-state index is -4.94. The molecule has 0 unspecified atom stereocenters. The Morgan fingerprint density at radius 2 is 1.70 bits per heavy atom. The summed E-state index contributed by atoms with van der Waals surface area (Å²) in [6.45, 7) is 1.01. The molecule has 1 atom stereocenters. The summed E-state index contributed by atoms with van der Waals surface area (Å²) in [6.07, 6.45) is -9.39. The molecule has 0 radical (unpaired) electrons. The third kappa shape index (κ3) is 6.31. The molecule has 0 bridgehead atoms. The van der Waals surface area contributed by atoms with Gasteiger partial charge in [-0.3, -0.25) is 9.69 Å². The third-order valence-electron chi connectivity index (χ3n) is 5.41. The van der Waals surface area contributed by atoms with Gasteiger partial charge >= 0.3 is 12.4 Å². The fourth-order valence-corrected chi connectivity index (χ4v) is 3.72. The average molecular weight is 476 g/mol. The fourth-order valence-electron chi connectivity index (χ4n) is 3.72. The first-order valence-corrected chi connectivity index (χ1v) is 10.0. The zero-order chi connectivity index (χ0) is 24.4. The number of hydrogen-bond donors (Lipinski definition) is 2. The largest absolute Gasteiger partial charge is 0.504 e. The van der Waals surface area contributed by atoms with E-state index in [4.69, 9.17) is 4.74 Å². The molecule has 0 spiro atoms. The molecule has 0 saturated carbocycles. The number of aromatic hydroxyl groups is 1. The van der Waals surface area contributed by atoms with Crippen molar-refractivity contribution in [1.82, 2.24) is 10.2 Å². The fraction of sp³-hybridized carbons (Fsp3) is 0.409. The lowest BCUT2D eigenvalue weighted by molar-refractivity contribution is -0.143. The Morgan fingerprint density at radius 1 is 1.06 bits per heavy atom. The van der Waals surface area contributed by atoms with Crippen LogP contribution in [0.1, 0.15) is 28.7 Å². The highest BCUT2D eigenvalue weighted by Gasteiger charge is 2.37. The summed E-state index contributed by atoms with van der Waals surface area (Å²) in [5, 5.41) is 12.1. The van der Waals surface area contributed by atoms with Crippen LogP contribution in [0.15, 0.2) is 36.4 Å². The second kappa shape index (κ2) is 9.50. The van der Waals surface area contributed by atoms with Crippen molar-refractivity contribution in [2.45, 2.75) is 31.9 Å². The van der Waals surface area contributed by atoms with E-state index in [0.717, 1.165) is 5.56 Å². The van der Waals surface area contributed by atoms with Gasteiger partial charge in [-0.15, -0.1) is 0 Å². The van der Waals surface area contributed by atoms with Gasteiger partial charge in [-0.05, 0) is 54.4 Å². The molecule has 2 aromatic rings. The van der Waals surface area contributed by atoms with Gasteiger partial charge < -0.3 is 15.2 Å². The molecular formula is C22H22F6N2O3. The molecule has 2 aromatic carbocycles. The Hall–Kier alpha value is -2.95. The summed E-state index contributed by atoms with van der Waals surface area (Å²) < 4.78 is 83.0. The number of alkyl halides is 6. The van der Waals surface area contributed by atoms with E-state index in [9.17, 15) is 36.2 Å². The molecule has 5 nitrogen and oxygen atoms in total. The monoisotopic (exact) mass is 476 g/mol. The van der Waals surface area contributed by atoms with Gasteiger partial charge in [0.15, 0.2) is 11.5 Å². The maximum Gasteiger partial charge on any atom is 0.416 e. The molecule has 1 heterocycles. The van der Waals surface area contributed by atoms with Gasteiger partial charge in [-0.2, -0.15) is 26.3 Å². The van der Waals surface area contributed by atoms with Crippen LogP contribution in [0.4, 0.5) is 26.3 Å². The minimum Gasteiger partial charge on any atom is -0.504 e. The lowest BCUT2D eigenvalue weighted by Gasteiger charge is -2.17.